The second-order valence-electron chi connectivity index (χ2n) is 3.32. The highest BCUT2D eigenvalue weighted by atomic mass is 15.1. The molecule has 2 nitrogen and oxygen atoms in total. The third kappa shape index (κ3) is 2.50. The molecule has 0 bridgehead atoms. The molecule has 2 heteroatoms. The maximum atomic E-state index is 4.20. The molecule has 15 heavy (non-hydrogen) atoms. The van der Waals surface area contributed by atoms with Crippen molar-refractivity contribution in [2.45, 2.75) is 6.92 Å². The molecule has 2 aromatic rings. The Hall–Kier alpha value is -1.96. The number of azo groups is 1. The molecule has 2 rings (SSSR count). The quantitative estimate of drug-likeness (QED) is 0.635. The zero-order valence-electron chi connectivity index (χ0n) is 8.59. The Morgan fingerprint density at radius 1 is 0.733 bits per heavy atom. The molecule has 0 aliphatic carbocycles. The molecule has 0 aliphatic heterocycles. The van der Waals surface area contributed by atoms with Crippen molar-refractivity contribution < 1.29 is 0 Å². The first-order valence-corrected chi connectivity index (χ1v) is 4.89. The Kier molecular flexibility index (Phi) is 2.88. The van der Waals surface area contributed by atoms with Crippen molar-refractivity contribution in [3.05, 3.63) is 60.2 Å². The number of benzene rings is 2. The van der Waals surface area contributed by atoms with Crippen LogP contribution in [0, 0.1) is 6.92 Å². The third-order valence-corrected chi connectivity index (χ3v) is 2.14. The minimum absolute atomic E-state index is 0.876. The topological polar surface area (TPSA) is 24.7 Å². The second kappa shape index (κ2) is 4.51. The van der Waals surface area contributed by atoms with Crippen LogP contribution in [-0.2, 0) is 0 Å². The van der Waals surface area contributed by atoms with Crippen LogP contribution in [0.5, 0.6) is 0 Å². The average Bonchev–Trinajstić information content (AvgIpc) is 2.29. The second-order valence-corrected chi connectivity index (χ2v) is 3.32. The Morgan fingerprint density at radius 2 is 1.40 bits per heavy atom. The lowest BCUT2D eigenvalue weighted by molar-refractivity contribution is 1.21. The molecule has 0 saturated heterocycles. The van der Waals surface area contributed by atoms with Crippen molar-refractivity contribution in [1.82, 2.24) is 0 Å². The Balaban J connectivity index is 2.23. The first-order chi connectivity index (χ1) is 7.36. The van der Waals surface area contributed by atoms with Gasteiger partial charge in [0.15, 0.2) is 0 Å². The maximum absolute atomic E-state index is 4.20. The predicted octanol–water partition coefficient (Wildman–Crippen LogP) is 4.41. The molecule has 0 fully saturated rings. The van der Waals surface area contributed by atoms with Crippen LogP contribution in [0.2, 0.25) is 0 Å². The van der Waals surface area contributed by atoms with E-state index in [4.69, 9.17) is 0 Å². The monoisotopic (exact) mass is 196 g/mol. The summed E-state index contributed by atoms with van der Waals surface area (Å²) in [5.74, 6) is 0. The molecule has 0 saturated carbocycles. The van der Waals surface area contributed by atoms with Crippen LogP contribution in [0.1, 0.15) is 5.56 Å². The highest BCUT2D eigenvalue weighted by molar-refractivity contribution is 5.45. The molecule has 0 atom stereocenters. The smallest absolute Gasteiger partial charge is 0.0886 e. The molecule has 2 aromatic carbocycles. The highest BCUT2D eigenvalue weighted by Crippen LogP contribution is 2.20. The van der Waals surface area contributed by atoms with E-state index in [0.29, 0.717) is 0 Å². The maximum Gasteiger partial charge on any atom is 0.0886 e. The molecule has 0 radical (unpaired) electrons. The third-order valence-electron chi connectivity index (χ3n) is 2.14. The van der Waals surface area contributed by atoms with Gasteiger partial charge < -0.3 is 0 Å². The van der Waals surface area contributed by atoms with Crippen LogP contribution in [-0.4, -0.2) is 0 Å². The number of aryl methyl sites for hydroxylation is 1. The van der Waals surface area contributed by atoms with Gasteiger partial charge in [0.05, 0.1) is 11.4 Å². The van der Waals surface area contributed by atoms with Crippen molar-refractivity contribution >= 4 is 11.4 Å². The molecule has 0 amide bonds. The van der Waals surface area contributed by atoms with Crippen molar-refractivity contribution in [2.75, 3.05) is 0 Å². The standard InChI is InChI=1S/C13H12N2/c1-11-7-5-6-10-13(11)15-14-12-8-3-2-4-9-12/h2-10H,1H3. The van der Waals surface area contributed by atoms with E-state index in [1.165, 1.54) is 0 Å². The van der Waals surface area contributed by atoms with E-state index in [9.17, 15) is 0 Å². The van der Waals surface area contributed by atoms with Crippen molar-refractivity contribution in [2.24, 2.45) is 10.2 Å². The van der Waals surface area contributed by atoms with Crippen LogP contribution >= 0.6 is 0 Å². The summed E-state index contributed by atoms with van der Waals surface area (Å²) in [4.78, 5) is 0. The molecule has 0 aromatic heterocycles. The van der Waals surface area contributed by atoms with E-state index >= 15 is 0 Å². The molecule has 74 valence electrons. The molecule has 0 N–H and O–H groups in total. The summed E-state index contributed by atoms with van der Waals surface area (Å²) < 4.78 is 0. The summed E-state index contributed by atoms with van der Waals surface area (Å²) in [6.45, 7) is 2.03. The molecule has 0 heterocycles. The fourth-order valence-electron chi connectivity index (χ4n) is 1.28. The fourth-order valence-corrected chi connectivity index (χ4v) is 1.28. The van der Waals surface area contributed by atoms with E-state index in [1.807, 2.05) is 61.5 Å². The van der Waals surface area contributed by atoms with Gasteiger partial charge in [0.25, 0.3) is 0 Å². The first-order valence-electron chi connectivity index (χ1n) is 4.89. The minimum Gasteiger partial charge on any atom is -0.151 e. The summed E-state index contributed by atoms with van der Waals surface area (Å²) in [6.07, 6.45) is 0. The largest absolute Gasteiger partial charge is 0.151 e. The number of hydrogen-bond donors (Lipinski definition) is 0. The fraction of sp³-hybridized carbons (Fsp3) is 0.0769. The van der Waals surface area contributed by atoms with Gasteiger partial charge in [0.1, 0.15) is 0 Å². The molecular formula is C13H12N2. The lowest BCUT2D eigenvalue weighted by Gasteiger charge is -1.96. The Labute approximate surface area is 89.3 Å². The van der Waals surface area contributed by atoms with Crippen LogP contribution in [0.3, 0.4) is 0 Å². The van der Waals surface area contributed by atoms with Gasteiger partial charge in [-0.05, 0) is 30.7 Å². The van der Waals surface area contributed by atoms with Crippen molar-refractivity contribution in [3.63, 3.8) is 0 Å². The van der Waals surface area contributed by atoms with E-state index in [1.54, 1.807) is 0 Å². The summed E-state index contributed by atoms with van der Waals surface area (Å²) in [5, 5.41) is 8.36. The van der Waals surface area contributed by atoms with Gasteiger partial charge in [-0.15, -0.1) is 0 Å². The summed E-state index contributed by atoms with van der Waals surface area (Å²) >= 11 is 0. The van der Waals surface area contributed by atoms with Gasteiger partial charge in [-0.3, -0.25) is 0 Å². The molecule has 0 aliphatic rings. The van der Waals surface area contributed by atoms with Gasteiger partial charge in [-0.25, -0.2) is 0 Å². The summed E-state index contributed by atoms with van der Waals surface area (Å²) in [5.41, 5.74) is 2.93. The van der Waals surface area contributed by atoms with Gasteiger partial charge in [0.2, 0.25) is 0 Å². The van der Waals surface area contributed by atoms with Crippen LogP contribution in [0.15, 0.2) is 64.8 Å². The normalized spacial score (nSPS) is 10.7. The summed E-state index contributed by atoms with van der Waals surface area (Å²) in [6, 6.07) is 17.7. The van der Waals surface area contributed by atoms with Crippen molar-refractivity contribution in [3.8, 4) is 0 Å². The van der Waals surface area contributed by atoms with Crippen molar-refractivity contribution in [1.29, 1.82) is 0 Å². The zero-order chi connectivity index (χ0) is 10.5. The van der Waals surface area contributed by atoms with Gasteiger partial charge >= 0.3 is 0 Å². The lowest BCUT2D eigenvalue weighted by atomic mass is 10.2. The number of hydrogen-bond acceptors (Lipinski definition) is 2. The molecule has 0 spiro atoms. The average molecular weight is 196 g/mol. The zero-order valence-corrected chi connectivity index (χ0v) is 8.59. The predicted molar refractivity (Wildman–Crippen MR) is 61.8 cm³/mol. The highest BCUT2D eigenvalue weighted by Gasteiger charge is 1.93. The Bertz CT molecular complexity index is 461. The number of nitrogens with zero attached hydrogens (tertiary/aromatic N) is 2. The van der Waals surface area contributed by atoms with Crippen LogP contribution in [0.25, 0.3) is 0 Å². The van der Waals surface area contributed by atoms with E-state index in [-0.39, 0.29) is 0 Å². The molecular weight excluding hydrogens is 184 g/mol. The summed E-state index contributed by atoms with van der Waals surface area (Å²) in [7, 11) is 0. The molecule has 0 unspecified atom stereocenters. The van der Waals surface area contributed by atoms with Gasteiger partial charge in [-0.2, -0.15) is 10.2 Å². The van der Waals surface area contributed by atoms with E-state index < -0.39 is 0 Å². The van der Waals surface area contributed by atoms with Crippen LogP contribution in [0.4, 0.5) is 11.4 Å². The minimum atomic E-state index is 0.876. The SMILES string of the molecule is Cc1ccccc1N=Nc1ccccc1. The van der Waals surface area contributed by atoms with E-state index in [0.717, 1.165) is 16.9 Å². The Morgan fingerprint density at radius 3 is 2.13 bits per heavy atom. The van der Waals surface area contributed by atoms with Gasteiger partial charge in [-0.1, -0.05) is 36.4 Å². The first kappa shape index (κ1) is 9.59. The lowest BCUT2D eigenvalue weighted by Crippen LogP contribution is -1.70. The van der Waals surface area contributed by atoms with Crippen LogP contribution < -0.4 is 0 Å². The van der Waals surface area contributed by atoms with E-state index in [2.05, 4.69) is 10.2 Å². The van der Waals surface area contributed by atoms with Gasteiger partial charge in [0, 0.05) is 0 Å². The number of rotatable bonds is 2.